The number of thiophene rings is 1. The summed E-state index contributed by atoms with van der Waals surface area (Å²) in [5, 5.41) is 4.82. The first-order chi connectivity index (χ1) is 10.3. The van der Waals surface area contributed by atoms with Gasteiger partial charge in [0.05, 0.1) is 6.57 Å². The number of rotatable bonds is 4. The van der Waals surface area contributed by atoms with Crippen LogP contribution in [0.4, 0.5) is 5.69 Å². The quantitative estimate of drug-likeness (QED) is 0.855. The molecule has 0 aliphatic carbocycles. The SMILES string of the molecule is [C-]#[N+]c1csc(C(C)C)c1S(=O)(=O)NC(=O)c1noc(C)n1. The van der Waals surface area contributed by atoms with Crippen LogP contribution in [0.3, 0.4) is 0 Å². The average molecular weight is 340 g/mol. The molecule has 2 heterocycles. The summed E-state index contributed by atoms with van der Waals surface area (Å²) in [6, 6.07) is 0. The molecule has 1 amide bonds. The first kappa shape index (κ1) is 16.1. The van der Waals surface area contributed by atoms with Gasteiger partial charge < -0.3 is 4.52 Å². The van der Waals surface area contributed by atoms with Gasteiger partial charge in [-0.2, -0.15) is 16.3 Å². The third kappa shape index (κ3) is 3.00. The van der Waals surface area contributed by atoms with Crippen molar-refractivity contribution in [3.63, 3.8) is 0 Å². The number of sulfonamides is 1. The Morgan fingerprint density at radius 3 is 2.68 bits per heavy atom. The van der Waals surface area contributed by atoms with Gasteiger partial charge in [-0.25, -0.2) is 18.0 Å². The Hall–Kier alpha value is -2.25. The number of aryl methyl sites for hydroxylation is 1. The Morgan fingerprint density at radius 2 is 2.18 bits per heavy atom. The Balaban J connectivity index is 2.41. The van der Waals surface area contributed by atoms with Crippen molar-refractivity contribution in [2.45, 2.75) is 31.6 Å². The van der Waals surface area contributed by atoms with Crippen LogP contribution in [-0.2, 0) is 10.0 Å². The zero-order chi connectivity index (χ0) is 16.5. The van der Waals surface area contributed by atoms with Gasteiger partial charge in [-0.1, -0.05) is 19.0 Å². The van der Waals surface area contributed by atoms with Gasteiger partial charge in [-0.3, -0.25) is 4.79 Å². The van der Waals surface area contributed by atoms with E-state index in [0.717, 1.165) is 0 Å². The zero-order valence-corrected chi connectivity index (χ0v) is 13.6. The number of amides is 1. The standard InChI is InChI=1S/C12H12N4O4S2/c1-6(2)9-10(8(13-4)5-21-9)22(18,19)16-12(17)11-14-7(3)20-15-11/h5-6H,1-3H3,(H,16,17). The molecule has 0 fully saturated rings. The number of nitrogens with zero attached hydrogens (tertiary/aromatic N) is 3. The smallest absolute Gasteiger partial charge is 0.306 e. The Morgan fingerprint density at radius 1 is 1.50 bits per heavy atom. The normalized spacial score (nSPS) is 11.4. The summed E-state index contributed by atoms with van der Waals surface area (Å²) in [5.41, 5.74) is -0.0155. The highest BCUT2D eigenvalue weighted by atomic mass is 32.2. The van der Waals surface area contributed by atoms with Crippen LogP contribution >= 0.6 is 11.3 Å². The fourth-order valence-corrected chi connectivity index (χ4v) is 4.47. The fraction of sp³-hybridized carbons (Fsp3) is 0.333. The van der Waals surface area contributed by atoms with E-state index in [2.05, 4.69) is 19.5 Å². The summed E-state index contributed by atoms with van der Waals surface area (Å²) in [6.45, 7) is 12.2. The minimum Gasteiger partial charge on any atom is -0.339 e. The molecule has 0 unspecified atom stereocenters. The molecule has 0 aromatic carbocycles. The molecule has 0 saturated heterocycles. The van der Waals surface area contributed by atoms with E-state index in [1.807, 2.05) is 18.6 Å². The molecule has 8 nitrogen and oxygen atoms in total. The van der Waals surface area contributed by atoms with E-state index < -0.39 is 15.9 Å². The second-order valence-electron chi connectivity index (χ2n) is 4.65. The molecule has 1 N–H and O–H groups in total. The van der Waals surface area contributed by atoms with E-state index in [4.69, 9.17) is 6.57 Å². The Labute approximate surface area is 131 Å². The van der Waals surface area contributed by atoms with Gasteiger partial charge in [0.25, 0.3) is 15.8 Å². The van der Waals surface area contributed by atoms with Gasteiger partial charge in [0.15, 0.2) is 0 Å². The van der Waals surface area contributed by atoms with Crippen LogP contribution in [0.15, 0.2) is 14.8 Å². The van der Waals surface area contributed by atoms with E-state index in [-0.39, 0.29) is 28.2 Å². The van der Waals surface area contributed by atoms with Gasteiger partial charge in [-0.05, 0) is 11.3 Å². The van der Waals surface area contributed by atoms with Gasteiger partial charge in [0.2, 0.25) is 11.6 Å². The van der Waals surface area contributed by atoms with Crippen LogP contribution in [0.5, 0.6) is 0 Å². The maximum atomic E-state index is 12.4. The highest BCUT2D eigenvalue weighted by Gasteiger charge is 2.29. The monoisotopic (exact) mass is 340 g/mol. The molecule has 2 aromatic rings. The van der Waals surface area contributed by atoms with E-state index >= 15 is 0 Å². The molecule has 2 aromatic heterocycles. The highest BCUT2D eigenvalue weighted by molar-refractivity contribution is 7.90. The van der Waals surface area contributed by atoms with Crippen LogP contribution < -0.4 is 4.72 Å². The lowest BCUT2D eigenvalue weighted by atomic mass is 10.2. The molecule has 22 heavy (non-hydrogen) atoms. The van der Waals surface area contributed by atoms with Crippen molar-refractivity contribution in [1.29, 1.82) is 0 Å². The molecule has 0 aliphatic rings. The molecule has 0 radical (unpaired) electrons. The largest absolute Gasteiger partial charge is 0.339 e. The summed E-state index contributed by atoms with van der Waals surface area (Å²) in [7, 11) is -4.20. The van der Waals surface area contributed by atoms with Gasteiger partial charge in [0.1, 0.15) is 4.90 Å². The second-order valence-corrected chi connectivity index (χ2v) is 7.18. The lowest BCUT2D eigenvalue weighted by Gasteiger charge is -2.09. The van der Waals surface area contributed by atoms with Gasteiger partial charge in [-0.15, -0.1) is 0 Å². The molecule has 0 spiro atoms. The third-order valence-corrected chi connectivity index (χ3v) is 5.45. The van der Waals surface area contributed by atoms with Crippen LogP contribution in [-0.4, -0.2) is 24.5 Å². The zero-order valence-electron chi connectivity index (χ0n) is 11.9. The lowest BCUT2D eigenvalue weighted by Crippen LogP contribution is -2.31. The molecule has 10 heteroatoms. The molecule has 0 bridgehead atoms. The predicted molar refractivity (Wildman–Crippen MR) is 78.4 cm³/mol. The van der Waals surface area contributed by atoms with E-state index in [0.29, 0.717) is 4.88 Å². The second kappa shape index (κ2) is 5.86. The van der Waals surface area contributed by atoms with Crippen LogP contribution in [0.1, 0.15) is 41.2 Å². The van der Waals surface area contributed by atoms with E-state index in [9.17, 15) is 13.2 Å². The molecule has 0 aliphatic heterocycles. The lowest BCUT2D eigenvalue weighted by molar-refractivity contribution is 0.0968. The Bertz CT molecular complexity index is 858. The van der Waals surface area contributed by atoms with Crippen LogP contribution in [0, 0.1) is 13.5 Å². The average Bonchev–Trinajstić information content (AvgIpc) is 3.03. The fourth-order valence-electron chi connectivity index (χ4n) is 1.71. The number of aromatic nitrogens is 2. The Kier molecular flexibility index (Phi) is 4.30. The summed E-state index contributed by atoms with van der Waals surface area (Å²) in [6.07, 6.45) is 0. The molecule has 0 saturated carbocycles. The predicted octanol–water partition coefficient (Wildman–Crippen LogP) is 2.23. The maximum Gasteiger partial charge on any atom is 0.306 e. The summed E-state index contributed by atoms with van der Waals surface area (Å²) in [4.78, 5) is 19.1. The number of hydrogen-bond acceptors (Lipinski definition) is 7. The van der Waals surface area contributed by atoms with Crippen molar-refractivity contribution in [2.24, 2.45) is 0 Å². The van der Waals surface area contributed by atoms with Gasteiger partial charge in [0, 0.05) is 11.8 Å². The van der Waals surface area contributed by atoms with E-state index in [1.54, 1.807) is 0 Å². The molecular formula is C12H12N4O4S2. The summed E-state index contributed by atoms with van der Waals surface area (Å²) in [5.74, 6) is -1.35. The van der Waals surface area contributed by atoms with E-state index in [1.165, 1.54) is 23.6 Å². The van der Waals surface area contributed by atoms with Crippen LogP contribution in [0.2, 0.25) is 0 Å². The maximum absolute atomic E-state index is 12.4. The molecule has 0 atom stereocenters. The molecular weight excluding hydrogens is 328 g/mol. The van der Waals surface area contributed by atoms with Crippen molar-refractivity contribution in [1.82, 2.24) is 14.9 Å². The first-order valence-corrected chi connectivity index (χ1v) is 8.49. The summed E-state index contributed by atoms with van der Waals surface area (Å²) < 4.78 is 31.4. The van der Waals surface area contributed by atoms with Crippen molar-refractivity contribution < 1.29 is 17.7 Å². The van der Waals surface area contributed by atoms with Crippen molar-refractivity contribution in [3.05, 3.63) is 33.4 Å². The van der Waals surface area contributed by atoms with Crippen molar-refractivity contribution >= 4 is 33.0 Å². The minimum atomic E-state index is -4.20. The molecule has 116 valence electrons. The summed E-state index contributed by atoms with van der Waals surface area (Å²) >= 11 is 1.17. The third-order valence-electron chi connectivity index (χ3n) is 2.63. The topological polar surface area (TPSA) is 107 Å². The van der Waals surface area contributed by atoms with Gasteiger partial charge >= 0.3 is 5.91 Å². The molecule has 2 rings (SSSR count). The first-order valence-electron chi connectivity index (χ1n) is 6.12. The highest BCUT2D eigenvalue weighted by Crippen LogP contribution is 2.38. The number of carbonyl (C=O) groups excluding carboxylic acids is 1. The van der Waals surface area contributed by atoms with Crippen LogP contribution in [0.25, 0.3) is 4.85 Å². The van der Waals surface area contributed by atoms with Crippen molar-refractivity contribution in [2.75, 3.05) is 0 Å². The van der Waals surface area contributed by atoms with Crippen molar-refractivity contribution in [3.8, 4) is 0 Å². The number of carbonyl (C=O) groups is 1. The number of nitrogens with one attached hydrogen (secondary N) is 1. The number of hydrogen-bond donors (Lipinski definition) is 1. The minimum absolute atomic E-state index is 0.0155.